The van der Waals surface area contributed by atoms with E-state index < -0.39 is 0 Å². The van der Waals surface area contributed by atoms with Crippen molar-refractivity contribution >= 4 is 38.7 Å². The van der Waals surface area contributed by atoms with Gasteiger partial charge in [0.15, 0.2) is 0 Å². The monoisotopic (exact) mass is 402 g/mol. The fraction of sp³-hybridized carbons (Fsp3) is 0.138. The minimum absolute atomic E-state index is 0.983. The Balaban J connectivity index is 0.000000994. The zero-order valence-electron chi connectivity index (χ0n) is 18.3. The molecule has 2 heterocycles. The highest BCUT2D eigenvalue weighted by Crippen LogP contribution is 2.40. The molecule has 0 spiro atoms. The van der Waals surface area contributed by atoms with Crippen molar-refractivity contribution in [2.75, 3.05) is 0 Å². The second-order valence-electron chi connectivity index (χ2n) is 7.81. The van der Waals surface area contributed by atoms with E-state index in [4.69, 9.17) is 0 Å². The molecule has 2 nitrogen and oxygen atoms in total. The molecule has 1 aliphatic rings. The molecule has 6 rings (SSSR count). The third kappa shape index (κ3) is 3.07. The van der Waals surface area contributed by atoms with Crippen LogP contribution >= 0.6 is 0 Å². The van der Waals surface area contributed by atoms with Gasteiger partial charge in [0.2, 0.25) is 0 Å². The number of allylic oxidation sites excluding steroid dienone is 3. The Morgan fingerprint density at radius 1 is 0.774 bits per heavy atom. The van der Waals surface area contributed by atoms with E-state index in [-0.39, 0.29) is 0 Å². The van der Waals surface area contributed by atoms with Crippen LogP contribution in [0.1, 0.15) is 31.9 Å². The topological polar surface area (TPSA) is 17.8 Å². The normalized spacial score (nSPS) is 12.9. The number of pyridine rings is 1. The van der Waals surface area contributed by atoms with Crippen LogP contribution in [0.4, 0.5) is 0 Å². The molecule has 1 aliphatic carbocycles. The van der Waals surface area contributed by atoms with Crippen molar-refractivity contribution in [2.24, 2.45) is 0 Å². The summed E-state index contributed by atoms with van der Waals surface area (Å²) in [6, 6.07) is 22.0. The lowest BCUT2D eigenvalue weighted by Crippen LogP contribution is -1.98. The maximum Gasteiger partial charge on any atom is 0.0619 e. The van der Waals surface area contributed by atoms with E-state index in [1.165, 1.54) is 49.3 Å². The van der Waals surface area contributed by atoms with Crippen LogP contribution in [0.3, 0.4) is 0 Å². The summed E-state index contributed by atoms with van der Waals surface area (Å²) >= 11 is 0. The van der Waals surface area contributed by atoms with Crippen molar-refractivity contribution in [1.82, 2.24) is 9.55 Å². The van der Waals surface area contributed by atoms with E-state index in [0.29, 0.717) is 0 Å². The first-order valence-corrected chi connectivity index (χ1v) is 11.0. The van der Waals surface area contributed by atoms with Gasteiger partial charge in [-0.2, -0.15) is 0 Å². The quantitative estimate of drug-likeness (QED) is 0.279. The molecule has 0 saturated heterocycles. The fourth-order valence-corrected chi connectivity index (χ4v) is 4.69. The zero-order chi connectivity index (χ0) is 21.4. The van der Waals surface area contributed by atoms with Crippen molar-refractivity contribution in [3.8, 4) is 5.69 Å². The first kappa shape index (κ1) is 19.3. The number of nitrogens with zero attached hydrogens (tertiary/aromatic N) is 2. The van der Waals surface area contributed by atoms with Crippen molar-refractivity contribution < 1.29 is 0 Å². The number of hydrogen-bond acceptors (Lipinski definition) is 1. The van der Waals surface area contributed by atoms with Gasteiger partial charge in [-0.05, 0) is 36.4 Å². The van der Waals surface area contributed by atoms with Crippen LogP contribution in [0, 0.1) is 0 Å². The van der Waals surface area contributed by atoms with Gasteiger partial charge in [-0.1, -0.05) is 86.2 Å². The summed E-state index contributed by atoms with van der Waals surface area (Å²) < 4.78 is 2.43. The molecule has 3 aromatic carbocycles. The van der Waals surface area contributed by atoms with Crippen molar-refractivity contribution in [3.05, 3.63) is 102 Å². The van der Waals surface area contributed by atoms with Gasteiger partial charge in [-0.15, -0.1) is 0 Å². The van der Waals surface area contributed by atoms with E-state index in [1.54, 1.807) is 0 Å². The minimum Gasteiger partial charge on any atom is -0.308 e. The van der Waals surface area contributed by atoms with Gasteiger partial charge in [-0.3, -0.25) is 4.98 Å². The summed E-state index contributed by atoms with van der Waals surface area (Å²) in [7, 11) is 0. The lowest BCUT2D eigenvalue weighted by Gasteiger charge is -2.13. The second-order valence-corrected chi connectivity index (χ2v) is 7.81. The Morgan fingerprint density at radius 3 is 2.35 bits per heavy atom. The molecule has 0 saturated carbocycles. The van der Waals surface area contributed by atoms with Gasteiger partial charge >= 0.3 is 0 Å². The highest BCUT2D eigenvalue weighted by Gasteiger charge is 2.19. The summed E-state index contributed by atoms with van der Waals surface area (Å²) in [4.78, 5) is 4.25. The number of fused-ring (bicyclic) bond motifs is 7. The molecule has 2 heteroatoms. The smallest absolute Gasteiger partial charge is 0.0619 e. The molecule has 0 aliphatic heterocycles. The van der Waals surface area contributed by atoms with Gasteiger partial charge in [0.1, 0.15) is 0 Å². The molecule has 2 aromatic heterocycles. The maximum atomic E-state index is 4.25. The Labute approximate surface area is 183 Å². The molecule has 0 amide bonds. The van der Waals surface area contributed by atoms with Gasteiger partial charge < -0.3 is 4.57 Å². The molecule has 0 unspecified atom stereocenters. The van der Waals surface area contributed by atoms with Crippen molar-refractivity contribution in [3.63, 3.8) is 0 Å². The largest absolute Gasteiger partial charge is 0.308 e. The second kappa shape index (κ2) is 7.88. The van der Waals surface area contributed by atoms with Crippen LogP contribution in [0.25, 0.3) is 44.3 Å². The summed E-state index contributed by atoms with van der Waals surface area (Å²) in [6.45, 7) is 6.20. The summed E-state index contributed by atoms with van der Waals surface area (Å²) in [5.41, 5.74) is 7.76. The van der Waals surface area contributed by atoms with Gasteiger partial charge in [0, 0.05) is 39.8 Å². The molecule has 5 aromatic rings. The standard InChI is InChI=1S/C27H20N2.C2H6/c1-18-5-4-8-23-20(17-18)10-12-25-24-11-9-19-6-2-3-7-22(19)26(24)29(27(23)25)21-13-15-28-16-14-21;1-2/h2-16H,17H2,1H3;1-2H3. The summed E-state index contributed by atoms with van der Waals surface area (Å²) in [5.74, 6) is 0. The fourth-order valence-electron chi connectivity index (χ4n) is 4.69. The van der Waals surface area contributed by atoms with Crippen LogP contribution in [-0.4, -0.2) is 9.55 Å². The third-order valence-electron chi connectivity index (χ3n) is 5.98. The maximum absolute atomic E-state index is 4.25. The average molecular weight is 403 g/mol. The Morgan fingerprint density at radius 2 is 1.52 bits per heavy atom. The van der Waals surface area contributed by atoms with Crippen LogP contribution < -0.4 is 0 Å². The third-order valence-corrected chi connectivity index (χ3v) is 5.98. The summed E-state index contributed by atoms with van der Waals surface area (Å²) in [5, 5.41) is 5.13. The molecule has 0 fully saturated rings. The van der Waals surface area contributed by atoms with E-state index in [9.17, 15) is 0 Å². The number of benzene rings is 3. The van der Waals surface area contributed by atoms with Gasteiger partial charge in [-0.25, -0.2) is 0 Å². The average Bonchev–Trinajstić information content (AvgIpc) is 3.05. The lowest BCUT2D eigenvalue weighted by atomic mass is 9.98. The van der Waals surface area contributed by atoms with Gasteiger partial charge in [0.25, 0.3) is 0 Å². The van der Waals surface area contributed by atoms with E-state index in [2.05, 4.69) is 95.4 Å². The molecule has 0 radical (unpaired) electrons. The molecule has 31 heavy (non-hydrogen) atoms. The lowest BCUT2D eigenvalue weighted by molar-refractivity contribution is 1.13. The highest BCUT2D eigenvalue weighted by molar-refractivity contribution is 6.20. The summed E-state index contributed by atoms with van der Waals surface area (Å²) in [6.07, 6.45) is 11.4. The molecule has 0 atom stereocenters. The van der Waals surface area contributed by atoms with Crippen LogP contribution in [0.5, 0.6) is 0 Å². The zero-order valence-corrected chi connectivity index (χ0v) is 18.3. The van der Waals surface area contributed by atoms with Crippen LogP contribution in [0.2, 0.25) is 0 Å². The van der Waals surface area contributed by atoms with E-state index in [0.717, 1.165) is 12.1 Å². The highest BCUT2D eigenvalue weighted by atomic mass is 15.0. The Kier molecular flexibility index (Phi) is 4.91. The molecule has 0 bridgehead atoms. The molecular formula is C29H26N2. The number of aromatic nitrogens is 2. The Hall–Kier alpha value is -3.65. The Bertz CT molecular complexity index is 1470. The predicted octanol–water partition coefficient (Wildman–Crippen LogP) is 7.87. The minimum atomic E-state index is 0.983. The number of hydrogen-bond donors (Lipinski definition) is 0. The molecule has 0 N–H and O–H groups in total. The van der Waals surface area contributed by atoms with Gasteiger partial charge in [0.05, 0.1) is 11.0 Å². The SMILES string of the molecule is CC.CC1=CC=Cc2c(ccc3c4ccc5ccccc5c4n(-c4ccncc4)c23)C1. The predicted molar refractivity (Wildman–Crippen MR) is 134 cm³/mol. The van der Waals surface area contributed by atoms with Crippen LogP contribution in [0.15, 0.2) is 90.8 Å². The first-order chi connectivity index (χ1) is 15.3. The van der Waals surface area contributed by atoms with E-state index >= 15 is 0 Å². The first-order valence-electron chi connectivity index (χ1n) is 11.0. The van der Waals surface area contributed by atoms with Crippen molar-refractivity contribution in [1.29, 1.82) is 0 Å². The number of rotatable bonds is 1. The van der Waals surface area contributed by atoms with Crippen molar-refractivity contribution in [2.45, 2.75) is 27.2 Å². The van der Waals surface area contributed by atoms with Crippen LogP contribution in [-0.2, 0) is 6.42 Å². The van der Waals surface area contributed by atoms with E-state index in [1.807, 2.05) is 26.2 Å². The molecule has 152 valence electrons. The molecular weight excluding hydrogens is 376 g/mol.